The minimum Gasteiger partial charge on any atom is -0.369 e. The van der Waals surface area contributed by atoms with Crippen molar-refractivity contribution in [3.8, 4) is 0 Å². The molecule has 0 unspecified atom stereocenters. The molecule has 0 spiro atoms. The maximum absolute atomic E-state index is 11.2. The Morgan fingerprint density at radius 1 is 1.61 bits per heavy atom. The lowest BCUT2D eigenvalue weighted by Crippen LogP contribution is -2.45. The molecule has 1 aliphatic heterocycles. The Morgan fingerprint density at radius 2 is 2.33 bits per heavy atom. The van der Waals surface area contributed by atoms with Gasteiger partial charge in [0, 0.05) is 23.7 Å². The average Bonchev–Trinajstić information content (AvgIpc) is 2.75. The molecule has 0 atom stereocenters. The molecule has 100 valence electrons. The fraction of sp³-hybridized carbons (Fsp3) is 0.636. The third-order valence-electron chi connectivity index (χ3n) is 3.07. The van der Waals surface area contributed by atoms with Gasteiger partial charge in [-0.15, -0.1) is 11.3 Å². The fourth-order valence-corrected chi connectivity index (χ4v) is 3.25. The molecule has 18 heavy (non-hydrogen) atoms. The molecule has 0 radical (unpaired) electrons. The smallest absolute Gasteiger partial charge is 0.231 e. The van der Waals surface area contributed by atoms with E-state index >= 15 is 0 Å². The van der Waals surface area contributed by atoms with E-state index in [1.807, 2.05) is 0 Å². The summed E-state index contributed by atoms with van der Waals surface area (Å²) in [4.78, 5) is 18.4. The molecule has 0 saturated carbocycles. The topological polar surface area (TPSA) is 71.2 Å². The molecule has 3 N–H and O–H groups in total. The van der Waals surface area contributed by atoms with Gasteiger partial charge in [0.05, 0.1) is 6.54 Å². The maximum Gasteiger partial charge on any atom is 0.231 e. The van der Waals surface area contributed by atoms with Crippen molar-refractivity contribution in [2.24, 2.45) is 5.73 Å². The number of hydrogen-bond donors (Lipinski definition) is 2. The fourth-order valence-electron chi connectivity index (χ4n) is 2.24. The lowest BCUT2D eigenvalue weighted by atomic mass is 10.0. The Morgan fingerprint density at radius 3 is 2.89 bits per heavy atom. The molecule has 2 heterocycles. The zero-order valence-corrected chi connectivity index (χ0v) is 11.6. The highest BCUT2D eigenvalue weighted by atomic mass is 35.5. The number of hydrogen-bond acceptors (Lipinski definition) is 5. The largest absolute Gasteiger partial charge is 0.369 e. The molecule has 5 nitrogen and oxygen atoms in total. The Bertz CT molecular complexity index is 406. The first-order valence-electron chi connectivity index (χ1n) is 5.98. The van der Waals surface area contributed by atoms with E-state index in [9.17, 15) is 4.79 Å². The quantitative estimate of drug-likeness (QED) is 0.842. The Hall–Kier alpha value is -0.690. The summed E-state index contributed by atoms with van der Waals surface area (Å²) in [6.07, 6.45) is 3.85. The van der Waals surface area contributed by atoms with E-state index in [-0.39, 0.29) is 5.91 Å². The van der Waals surface area contributed by atoms with Crippen LogP contribution in [0.4, 0.5) is 0 Å². The molecule has 0 aromatic carbocycles. The van der Waals surface area contributed by atoms with E-state index in [4.69, 9.17) is 17.3 Å². The van der Waals surface area contributed by atoms with E-state index in [2.05, 4.69) is 15.2 Å². The monoisotopic (exact) mass is 288 g/mol. The number of halogens is 1. The zero-order chi connectivity index (χ0) is 13.0. The molecule has 1 aromatic heterocycles. The van der Waals surface area contributed by atoms with Crippen LogP contribution in [0.15, 0.2) is 6.20 Å². The Kier molecular flexibility index (Phi) is 4.94. The van der Waals surface area contributed by atoms with Crippen molar-refractivity contribution >= 4 is 28.8 Å². The first-order chi connectivity index (χ1) is 8.65. The summed E-state index contributed by atoms with van der Waals surface area (Å²) in [7, 11) is 0. The number of nitrogens with two attached hydrogens (primary N) is 1. The number of primary amides is 1. The van der Waals surface area contributed by atoms with E-state index in [1.54, 1.807) is 6.20 Å². The number of rotatable bonds is 5. The van der Waals surface area contributed by atoms with Crippen LogP contribution in [0.1, 0.15) is 17.7 Å². The van der Waals surface area contributed by atoms with Crippen LogP contribution in [-0.2, 0) is 11.3 Å². The second-order valence-corrected chi connectivity index (χ2v) is 6.13. The first kappa shape index (κ1) is 13.7. The van der Waals surface area contributed by atoms with Crippen molar-refractivity contribution in [3.05, 3.63) is 15.5 Å². The van der Waals surface area contributed by atoms with Crippen molar-refractivity contribution in [3.63, 3.8) is 0 Å². The SMILES string of the molecule is NC(=O)CN(Cc1cnc(Cl)s1)C1CCNCC1. The van der Waals surface area contributed by atoms with Crippen LogP contribution in [0, 0.1) is 0 Å². The molecule has 1 aliphatic rings. The highest BCUT2D eigenvalue weighted by Gasteiger charge is 2.22. The molecule has 0 aliphatic carbocycles. The summed E-state index contributed by atoms with van der Waals surface area (Å²) in [6.45, 7) is 2.96. The van der Waals surface area contributed by atoms with Gasteiger partial charge in [0.1, 0.15) is 0 Å². The van der Waals surface area contributed by atoms with Crippen LogP contribution >= 0.6 is 22.9 Å². The Labute approximate surface area is 115 Å². The summed E-state index contributed by atoms with van der Waals surface area (Å²) >= 11 is 7.27. The molecular formula is C11H17ClN4OS. The van der Waals surface area contributed by atoms with Gasteiger partial charge in [0.25, 0.3) is 0 Å². The van der Waals surface area contributed by atoms with Gasteiger partial charge in [-0.1, -0.05) is 11.6 Å². The zero-order valence-electron chi connectivity index (χ0n) is 10.1. The first-order valence-corrected chi connectivity index (χ1v) is 7.18. The predicted octanol–water partition coefficient (Wildman–Crippen LogP) is 0.836. The van der Waals surface area contributed by atoms with Crippen LogP contribution in [0.2, 0.25) is 4.47 Å². The number of nitrogens with one attached hydrogen (secondary N) is 1. The molecule has 0 bridgehead atoms. The summed E-state index contributed by atoms with van der Waals surface area (Å²) < 4.78 is 0.536. The molecule has 1 fully saturated rings. The standard InChI is InChI=1S/C11H17ClN4OS/c12-11-15-5-9(18-11)6-16(7-10(13)17)8-1-3-14-4-2-8/h5,8,14H,1-4,6-7H2,(H2,13,17). The van der Waals surface area contributed by atoms with Crippen molar-refractivity contribution in [2.75, 3.05) is 19.6 Å². The van der Waals surface area contributed by atoms with Crippen LogP contribution < -0.4 is 11.1 Å². The van der Waals surface area contributed by atoms with Crippen molar-refractivity contribution < 1.29 is 4.79 Å². The van der Waals surface area contributed by atoms with Gasteiger partial charge < -0.3 is 11.1 Å². The van der Waals surface area contributed by atoms with Crippen LogP contribution in [-0.4, -0.2) is 41.5 Å². The molecule has 1 aromatic rings. The van der Waals surface area contributed by atoms with E-state index in [1.165, 1.54) is 11.3 Å². The van der Waals surface area contributed by atoms with Crippen LogP contribution in [0.25, 0.3) is 0 Å². The van der Waals surface area contributed by atoms with Crippen LogP contribution in [0.3, 0.4) is 0 Å². The number of thiazole rings is 1. The normalized spacial score (nSPS) is 17.2. The number of aromatic nitrogens is 1. The Balaban J connectivity index is 2.01. The second-order valence-electron chi connectivity index (χ2n) is 4.43. The summed E-state index contributed by atoms with van der Waals surface area (Å²) in [5, 5.41) is 3.32. The lowest BCUT2D eigenvalue weighted by molar-refractivity contribution is -0.120. The van der Waals surface area contributed by atoms with E-state index in [0.29, 0.717) is 23.6 Å². The predicted molar refractivity (Wildman–Crippen MR) is 72.6 cm³/mol. The summed E-state index contributed by atoms with van der Waals surface area (Å²) in [5.74, 6) is -0.288. The second kappa shape index (κ2) is 6.47. The molecule has 2 rings (SSSR count). The minimum absolute atomic E-state index is 0.288. The van der Waals surface area contributed by atoms with Gasteiger partial charge in [-0.05, 0) is 25.9 Å². The molecule has 1 saturated heterocycles. The van der Waals surface area contributed by atoms with Gasteiger partial charge in [-0.2, -0.15) is 0 Å². The van der Waals surface area contributed by atoms with Gasteiger partial charge in [0.2, 0.25) is 5.91 Å². The molecular weight excluding hydrogens is 272 g/mol. The van der Waals surface area contributed by atoms with Gasteiger partial charge in [0.15, 0.2) is 4.47 Å². The van der Waals surface area contributed by atoms with Gasteiger partial charge >= 0.3 is 0 Å². The van der Waals surface area contributed by atoms with Gasteiger partial charge in [-0.3, -0.25) is 9.69 Å². The van der Waals surface area contributed by atoms with Crippen molar-refractivity contribution in [2.45, 2.75) is 25.4 Å². The lowest BCUT2D eigenvalue weighted by Gasteiger charge is -2.33. The minimum atomic E-state index is -0.288. The van der Waals surface area contributed by atoms with Crippen LogP contribution in [0.5, 0.6) is 0 Å². The maximum atomic E-state index is 11.2. The van der Waals surface area contributed by atoms with Crippen molar-refractivity contribution in [1.82, 2.24) is 15.2 Å². The van der Waals surface area contributed by atoms with E-state index in [0.717, 1.165) is 30.8 Å². The number of piperidine rings is 1. The summed E-state index contributed by atoms with van der Waals surface area (Å²) in [5.41, 5.74) is 5.32. The third kappa shape index (κ3) is 3.91. The number of amides is 1. The number of carbonyl (C=O) groups is 1. The summed E-state index contributed by atoms with van der Waals surface area (Å²) in [6, 6.07) is 0.402. The average molecular weight is 289 g/mol. The number of carbonyl (C=O) groups excluding carboxylic acids is 1. The highest BCUT2D eigenvalue weighted by molar-refractivity contribution is 7.15. The van der Waals surface area contributed by atoms with Crippen molar-refractivity contribution in [1.29, 1.82) is 0 Å². The molecule has 1 amide bonds. The van der Waals surface area contributed by atoms with Gasteiger partial charge in [-0.25, -0.2) is 4.98 Å². The highest BCUT2D eigenvalue weighted by Crippen LogP contribution is 2.22. The third-order valence-corrected chi connectivity index (χ3v) is 4.17. The van der Waals surface area contributed by atoms with E-state index < -0.39 is 0 Å². The number of nitrogens with zero attached hydrogens (tertiary/aromatic N) is 2. The molecule has 7 heteroatoms.